The third kappa shape index (κ3) is 5.03. The van der Waals surface area contributed by atoms with Crippen LogP contribution in [-0.4, -0.2) is 41.4 Å². The van der Waals surface area contributed by atoms with Gasteiger partial charge in [-0.15, -0.1) is 0 Å². The molecule has 0 saturated heterocycles. The van der Waals surface area contributed by atoms with E-state index in [-0.39, 0.29) is 30.8 Å². The zero-order chi connectivity index (χ0) is 20.8. The first-order valence-electron chi connectivity index (χ1n) is 9.73. The lowest BCUT2D eigenvalue weighted by molar-refractivity contribution is -0.143. The van der Waals surface area contributed by atoms with E-state index in [0.717, 1.165) is 27.8 Å². The quantitative estimate of drug-likeness (QED) is 0.616. The van der Waals surface area contributed by atoms with Crippen molar-refractivity contribution >= 4 is 22.7 Å². The highest BCUT2D eigenvalue weighted by atomic mass is 16.5. The molecule has 3 aromatic rings. The molecule has 0 fully saturated rings. The van der Waals surface area contributed by atoms with Gasteiger partial charge in [0.25, 0.3) is 0 Å². The van der Waals surface area contributed by atoms with E-state index in [1.807, 2.05) is 54.7 Å². The summed E-state index contributed by atoms with van der Waals surface area (Å²) in [6.45, 7) is 1.60. The van der Waals surface area contributed by atoms with E-state index >= 15 is 0 Å². The van der Waals surface area contributed by atoms with E-state index in [9.17, 15) is 9.59 Å². The lowest BCUT2D eigenvalue weighted by Crippen LogP contribution is -2.44. The molecular formula is C23H27N3O3. The van der Waals surface area contributed by atoms with Gasteiger partial charge in [0.15, 0.2) is 0 Å². The Morgan fingerprint density at radius 2 is 1.83 bits per heavy atom. The van der Waals surface area contributed by atoms with Crippen LogP contribution >= 0.6 is 0 Å². The second-order valence-corrected chi connectivity index (χ2v) is 7.16. The Morgan fingerprint density at radius 1 is 1.10 bits per heavy atom. The molecule has 3 N–H and O–H groups in total. The molecule has 0 aliphatic heterocycles. The van der Waals surface area contributed by atoms with Gasteiger partial charge >= 0.3 is 0 Å². The molecule has 0 spiro atoms. The van der Waals surface area contributed by atoms with E-state index in [1.165, 1.54) is 11.8 Å². The highest BCUT2D eigenvalue weighted by Gasteiger charge is 2.21. The smallest absolute Gasteiger partial charge is 0.229 e. The lowest BCUT2D eigenvalue weighted by Gasteiger charge is -2.23. The number of aromatic nitrogens is 1. The van der Waals surface area contributed by atoms with Gasteiger partial charge in [0, 0.05) is 43.0 Å². The number of imide groups is 1. The number of aryl methyl sites for hydroxylation is 1. The van der Waals surface area contributed by atoms with Crippen LogP contribution in [0.1, 0.15) is 24.5 Å². The number of nitrogens with one attached hydrogen (secondary N) is 1. The van der Waals surface area contributed by atoms with E-state index < -0.39 is 0 Å². The number of aromatic amines is 1. The zero-order valence-corrected chi connectivity index (χ0v) is 16.9. The monoisotopic (exact) mass is 393 g/mol. The molecule has 1 aromatic heterocycles. The normalized spacial score (nSPS) is 12.0. The average molecular weight is 393 g/mol. The number of fused-ring (bicyclic) bond motifs is 1. The molecule has 0 unspecified atom stereocenters. The van der Waals surface area contributed by atoms with E-state index in [4.69, 9.17) is 10.5 Å². The van der Waals surface area contributed by atoms with Gasteiger partial charge in [-0.3, -0.25) is 14.5 Å². The summed E-state index contributed by atoms with van der Waals surface area (Å²) in [5.41, 5.74) is 9.37. The maximum Gasteiger partial charge on any atom is 0.229 e. The van der Waals surface area contributed by atoms with Crippen molar-refractivity contribution in [1.29, 1.82) is 0 Å². The first kappa shape index (κ1) is 20.6. The molecule has 0 saturated carbocycles. The number of para-hydroxylation sites is 2. The fourth-order valence-electron chi connectivity index (χ4n) is 3.57. The summed E-state index contributed by atoms with van der Waals surface area (Å²) >= 11 is 0. The molecule has 6 heteroatoms. The number of hydrogen-bond acceptors (Lipinski definition) is 4. The number of nitrogens with two attached hydrogens (primary N) is 1. The van der Waals surface area contributed by atoms with Gasteiger partial charge in [0.2, 0.25) is 11.8 Å². The Morgan fingerprint density at radius 3 is 2.59 bits per heavy atom. The number of carbonyl (C=O) groups excluding carboxylic acids is 2. The van der Waals surface area contributed by atoms with Crippen LogP contribution in [0.15, 0.2) is 54.7 Å². The molecular weight excluding hydrogens is 366 g/mol. The summed E-state index contributed by atoms with van der Waals surface area (Å²) in [6, 6.07) is 15.2. The predicted molar refractivity (Wildman–Crippen MR) is 114 cm³/mol. The summed E-state index contributed by atoms with van der Waals surface area (Å²) in [4.78, 5) is 29.3. The first-order chi connectivity index (χ1) is 14.0. The lowest BCUT2D eigenvalue weighted by atomic mass is 10.0. The molecule has 1 heterocycles. The number of rotatable bonds is 8. The average Bonchev–Trinajstić information content (AvgIpc) is 3.13. The summed E-state index contributed by atoms with van der Waals surface area (Å²) < 4.78 is 5.33. The molecule has 0 radical (unpaired) electrons. The highest BCUT2D eigenvalue weighted by molar-refractivity contribution is 5.94. The van der Waals surface area contributed by atoms with Gasteiger partial charge in [-0.25, -0.2) is 0 Å². The number of methoxy groups -OCH3 is 1. The second-order valence-electron chi connectivity index (χ2n) is 7.16. The van der Waals surface area contributed by atoms with Crippen LogP contribution in [0.25, 0.3) is 10.9 Å². The summed E-state index contributed by atoms with van der Waals surface area (Å²) in [7, 11) is 1.60. The van der Waals surface area contributed by atoms with E-state index in [0.29, 0.717) is 12.8 Å². The number of hydrogen-bond donors (Lipinski definition) is 2. The maximum atomic E-state index is 12.7. The largest absolute Gasteiger partial charge is 0.496 e. The molecule has 0 aliphatic carbocycles. The van der Waals surface area contributed by atoms with Gasteiger partial charge in [0.1, 0.15) is 5.75 Å². The Balaban J connectivity index is 1.63. The third-order valence-electron chi connectivity index (χ3n) is 5.06. The summed E-state index contributed by atoms with van der Waals surface area (Å²) in [6.07, 6.45) is 3.24. The molecule has 29 heavy (non-hydrogen) atoms. The predicted octanol–water partition coefficient (Wildman–Crippen LogP) is 3.05. The number of benzene rings is 2. The molecule has 0 aliphatic rings. The molecule has 0 bridgehead atoms. The minimum atomic E-state index is -0.340. The Hall–Kier alpha value is -3.12. The van der Waals surface area contributed by atoms with Crippen molar-refractivity contribution in [3.8, 4) is 5.75 Å². The minimum Gasteiger partial charge on any atom is -0.496 e. The maximum absolute atomic E-state index is 12.7. The Bertz CT molecular complexity index is 996. The highest BCUT2D eigenvalue weighted by Crippen LogP contribution is 2.20. The summed E-state index contributed by atoms with van der Waals surface area (Å²) in [5, 5.41) is 1.11. The number of amides is 2. The molecule has 152 valence electrons. The standard InChI is InChI=1S/C23H27N3O3/c1-16(27)26(23(28)12-11-17-7-3-6-10-22(17)29-2)15-19(24)13-18-14-25-21-9-5-4-8-20(18)21/h3-10,14,19,25H,11-13,15,24H2,1-2H3/t19-/m1/s1. The van der Waals surface area contributed by atoms with Crippen molar-refractivity contribution in [3.05, 3.63) is 65.9 Å². The van der Waals surface area contributed by atoms with Crippen LogP contribution < -0.4 is 10.5 Å². The van der Waals surface area contributed by atoms with Crippen molar-refractivity contribution in [2.45, 2.75) is 32.2 Å². The molecule has 1 atom stereocenters. The second kappa shape index (κ2) is 9.39. The van der Waals surface area contributed by atoms with Crippen molar-refractivity contribution in [2.75, 3.05) is 13.7 Å². The van der Waals surface area contributed by atoms with Gasteiger partial charge in [-0.05, 0) is 36.1 Å². The van der Waals surface area contributed by atoms with Gasteiger partial charge < -0.3 is 15.5 Å². The fourth-order valence-corrected chi connectivity index (χ4v) is 3.57. The van der Waals surface area contributed by atoms with Gasteiger partial charge in [-0.1, -0.05) is 36.4 Å². The topological polar surface area (TPSA) is 88.4 Å². The van der Waals surface area contributed by atoms with Crippen LogP contribution in [-0.2, 0) is 22.4 Å². The number of ether oxygens (including phenoxy) is 1. The van der Waals surface area contributed by atoms with Crippen molar-refractivity contribution in [1.82, 2.24) is 9.88 Å². The zero-order valence-electron chi connectivity index (χ0n) is 16.9. The third-order valence-corrected chi connectivity index (χ3v) is 5.06. The minimum absolute atomic E-state index is 0.194. The van der Waals surface area contributed by atoms with Crippen molar-refractivity contribution < 1.29 is 14.3 Å². The van der Waals surface area contributed by atoms with E-state index in [2.05, 4.69) is 4.98 Å². The van der Waals surface area contributed by atoms with Crippen LogP contribution in [0.3, 0.4) is 0 Å². The Kier molecular flexibility index (Phi) is 6.67. The van der Waals surface area contributed by atoms with Crippen LogP contribution in [0, 0.1) is 0 Å². The molecule has 6 nitrogen and oxygen atoms in total. The molecule has 3 rings (SSSR count). The van der Waals surface area contributed by atoms with Crippen molar-refractivity contribution in [3.63, 3.8) is 0 Å². The van der Waals surface area contributed by atoms with Crippen LogP contribution in [0.2, 0.25) is 0 Å². The van der Waals surface area contributed by atoms with Crippen LogP contribution in [0.5, 0.6) is 5.75 Å². The van der Waals surface area contributed by atoms with E-state index in [1.54, 1.807) is 7.11 Å². The summed E-state index contributed by atoms with van der Waals surface area (Å²) in [5.74, 6) is 0.230. The van der Waals surface area contributed by atoms with Crippen LogP contribution in [0.4, 0.5) is 0 Å². The first-order valence-corrected chi connectivity index (χ1v) is 9.73. The van der Waals surface area contributed by atoms with Crippen molar-refractivity contribution in [2.24, 2.45) is 5.73 Å². The number of H-pyrrole nitrogens is 1. The molecule has 2 amide bonds. The van der Waals surface area contributed by atoms with Gasteiger partial charge in [0.05, 0.1) is 7.11 Å². The molecule has 2 aromatic carbocycles. The Labute approximate surface area is 170 Å². The van der Waals surface area contributed by atoms with Gasteiger partial charge in [-0.2, -0.15) is 0 Å². The fraction of sp³-hybridized carbons (Fsp3) is 0.304. The number of nitrogens with zero attached hydrogens (tertiary/aromatic N) is 1. The number of carbonyl (C=O) groups is 2. The SMILES string of the molecule is COc1ccccc1CCC(=O)N(C[C@H](N)Cc1c[nH]c2ccccc12)C(C)=O.